The third kappa shape index (κ3) is 6.76. The predicted octanol–water partition coefficient (Wildman–Crippen LogP) is 4.61. The van der Waals surface area contributed by atoms with Crippen LogP contribution in [0.2, 0.25) is 0 Å². The Morgan fingerprint density at radius 3 is 2.17 bits per heavy atom. The second-order valence-electron chi connectivity index (χ2n) is 8.59. The molecule has 7 nitrogen and oxygen atoms in total. The lowest BCUT2D eigenvalue weighted by Gasteiger charge is -2.26. The van der Waals surface area contributed by atoms with Crippen molar-refractivity contribution < 1.29 is 22.7 Å². The van der Waals surface area contributed by atoms with E-state index in [1.807, 2.05) is 58.0 Å². The Morgan fingerprint density at radius 1 is 0.943 bits per heavy atom. The number of carbonyl (C=O) groups excluding carboxylic acids is 1. The number of rotatable bonds is 10. The van der Waals surface area contributed by atoms with Crippen molar-refractivity contribution in [1.29, 1.82) is 0 Å². The number of nitrogens with zero attached hydrogens (tertiary/aromatic N) is 1. The fourth-order valence-corrected chi connectivity index (χ4v) is 4.90. The molecule has 0 spiro atoms. The topological polar surface area (TPSA) is 84.9 Å². The molecule has 0 fully saturated rings. The zero-order valence-electron chi connectivity index (χ0n) is 20.7. The lowest BCUT2D eigenvalue weighted by Crippen LogP contribution is -2.41. The molecule has 3 aromatic rings. The van der Waals surface area contributed by atoms with Gasteiger partial charge in [0.25, 0.3) is 10.0 Å². The van der Waals surface area contributed by atoms with E-state index >= 15 is 0 Å². The SMILES string of the molecule is COc1ccc(C)cc1N(CC(=O)NCc1ccc(OC(C)C)cc1)S(=O)(=O)c1ccc(C)cc1. The van der Waals surface area contributed by atoms with E-state index in [-0.39, 0.29) is 17.5 Å². The van der Waals surface area contributed by atoms with Gasteiger partial charge in [-0.25, -0.2) is 8.42 Å². The van der Waals surface area contributed by atoms with E-state index in [1.54, 1.807) is 36.4 Å². The summed E-state index contributed by atoms with van der Waals surface area (Å²) in [5, 5.41) is 2.82. The molecule has 1 amide bonds. The van der Waals surface area contributed by atoms with Gasteiger partial charge in [-0.2, -0.15) is 0 Å². The van der Waals surface area contributed by atoms with Gasteiger partial charge >= 0.3 is 0 Å². The van der Waals surface area contributed by atoms with Crippen molar-refractivity contribution in [1.82, 2.24) is 5.32 Å². The number of sulfonamides is 1. The van der Waals surface area contributed by atoms with Crippen LogP contribution in [0.15, 0.2) is 71.6 Å². The number of nitrogens with one attached hydrogen (secondary N) is 1. The van der Waals surface area contributed by atoms with Gasteiger partial charge in [0.05, 0.1) is 23.8 Å². The molecule has 0 aliphatic carbocycles. The summed E-state index contributed by atoms with van der Waals surface area (Å²) in [6, 6.07) is 19.2. The Kier molecular flexibility index (Phi) is 8.40. The first kappa shape index (κ1) is 26.1. The molecule has 0 aliphatic rings. The molecule has 0 bridgehead atoms. The molecule has 186 valence electrons. The maximum absolute atomic E-state index is 13.6. The van der Waals surface area contributed by atoms with E-state index in [1.165, 1.54) is 7.11 Å². The number of amides is 1. The third-order valence-electron chi connectivity index (χ3n) is 5.28. The summed E-state index contributed by atoms with van der Waals surface area (Å²) in [5.74, 6) is 0.670. The van der Waals surface area contributed by atoms with Gasteiger partial charge in [0, 0.05) is 6.54 Å². The minimum Gasteiger partial charge on any atom is -0.495 e. The van der Waals surface area contributed by atoms with Crippen LogP contribution in [-0.2, 0) is 21.4 Å². The van der Waals surface area contributed by atoms with E-state index in [9.17, 15) is 13.2 Å². The van der Waals surface area contributed by atoms with Gasteiger partial charge in [-0.1, -0.05) is 35.9 Å². The van der Waals surface area contributed by atoms with E-state index in [0.29, 0.717) is 11.4 Å². The Morgan fingerprint density at radius 2 is 1.57 bits per heavy atom. The molecule has 0 atom stereocenters. The standard InChI is InChI=1S/C27H32N2O5S/c1-19(2)34-23-11-9-22(10-12-23)17-28-27(30)18-29(25-16-21(4)8-15-26(25)33-5)35(31,32)24-13-6-20(3)7-14-24/h6-16,19H,17-18H2,1-5H3,(H,28,30). The van der Waals surface area contributed by atoms with Crippen molar-refractivity contribution >= 4 is 21.6 Å². The highest BCUT2D eigenvalue weighted by molar-refractivity contribution is 7.92. The largest absolute Gasteiger partial charge is 0.495 e. The number of aryl methyl sites for hydroxylation is 2. The number of ether oxygens (including phenoxy) is 2. The Balaban J connectivity index is 1.85. The summed E-state index contributed by atoms with van der Waals surface area (Å²) < 4.78 is 39.4. The molecule has 8 heteroatoms. The molecule has 0 heterocycles. The lowest BCUT2D eigenvalue weighted by molar-refractivity contribution is -0.119. The second kappa shape index (κ2) is 11.3. The van der Waals surface area contributed by atoms with Crippen LogP contribution in [0.4, 0.5) is 5.69 Å². The molecule has 35 heavy (non-hydrogen) atoms. The fraction of sp³-hybridized carbons (Fsp3) is 0.296. The summed E-state index contributed by atoms with van der Waals surface area (Å²) >= 11 is 0. The van der Waals surface area contributed by atoms with Crippen LogP contribution in [0.25, 0.3) is 0 Å². The van der Waals surface area contributed by atoms with Gasteiger partial charge in [0.2, 0.25) is 5.91 Å². The molecule has 0 unspecified atom stereocenters. The summed E-state index contributed by atoms with van der Waals surface area (Å²) in [7, 11) is -2.57. The predicted molar refractivity (Wildman–Crippen MR) is 137 cm³/mol. The van der Waals surface area contributed by atoms with Crippen LogP contribution in [0, 0.1) is 13.8 Å². The van der Waals surface area contributed by atoms with Crippen molar-refractivity contribution in [3.63, 3.8) is 0 Å². The molecule has 0 aromatic heterocycles. The molecule has 0 aliphatic heterocycles. The maximum atomic E-state index is 13.6. The van der Waals surface area contributed by atoms with E-state index in [2.05, 4.69) is 5.32 Å². The maximum Gasteiger partial charge on any atom is 0.264 e. The lowest BCUT2D eigenvalue weighted by atomic mass is 10.2. The highest BCUT2D eigenvalue weighted by Gasteiger charge is 2.29. The average molecular weight is 497 g/mol. The van der Waals surface area contributed by atoms with Crippen molar-refractivity contribution in [3.8, 4) is 11.5 Å². The smallest absolute Gasteiger partial charge is 0.264 e. The van der Waals surface area contributed by atoms with Gasteiger partial charge < -0.3 is 14.8 Å². The number of benzene rings is 3. The summed E-state index contributed by atoms with van der Waals surface area (Å²) in [6.45, 7) is 7.50. The van der Waals surface area contributed by atoms with Gasteiger partial charge in [-0.3, -0.25) is 9.10 Å². The summed E-state index contributed by atoms with van der Waals surface area (Å²) in [4.78, 5) is 13.0. The van der Waals surface area contributed by atoms with E-state index < -0.39 is 22.5 Å². The first-order valence-corrected chi connectivity index (χ1v) is 12.8. The van der Waals surface area contributed by atoms with Gasteiger partial charge in [0.1, 0.15) is 18.0 Å². The van der Waals surface area contributed by atoms with E-state index in [4.69, 9.17) is 9.47 Å². The molecule has 1 N–H and O–H groups in total. The van der Waals surface area contributed by atoms with Gasteiger partial charge in [0.15, 0.2) is 0 Å². The molecular formula is C27H32N2O5S. The van der Waals surface area contributed by atoms with Gasteiger partial charge in [-0.05, 0) is 75.2 Å². The fourth-order valence-electron chi connectivity index (χ4n) is 3.48. The Bertz CT molecular complexity index is 1250. The normalized spacial score (nSPS) is 11.3. The number of methoxy groups -OCH3 is 1. The monoisotopic (exact) mass is 496 g/mol. The van der Waals surface area contributed by atoms with Crippen LogP contribution in [0.1, 0.15) is 30.5 Å². The first-order chi connectivity index (χ1) is 16.6. The second-order valence-corrected chi connectivity index (χ2v) is 10.4. The number of hydrogen-bond acceptors (Lipinski definition) is 5. The molecule has 0 radical (unpaired) electrons. The van der Waals surface area contributed by atoms with Crippen LogP contribution in [-0.4, -0.2) is 34.1 Å². The highest BCUT2D eigenvalue weighted by atomic mass is 32.2. The van der Waals surface area contributed by atoms with Crippen molar-refractivity contribution in [2.75, 3.05) is 18.0 Å². The zero-order valence-corrected chi connectivity index (χ0v) is 21.6. The molecule has 0 saturated heterocycles. The van der Waals surface area contributed by atoms with Crippen molar-refractivity contribution in [2.24, 2.45) is 0 Å². The van der Waals surface area contributed by atoms with Crippen LogP contribution < -0.4 is 19.1 Å². The minimum absolute atomic E-state index is 0.0700. The van der Waals surface area contributed by atoms with Crippen LogP contribution in [0.3, 0.4) is 0 Å². The Hall–Kier alpha value is -3.52. The molecule has 3 rings (SSSR count). The zero-order chi connectivity index (χ0) is 25.6. The number of hydrogen-bond donors (Lipinski definition) is 1. The molecular weight excluding hydrogens is 464 g/mol. The first-order valence-electron chi connectivity index (χ1n) is 11.4. The summed E-state index contributed by atoms with van der Waals surface area (Å²) in [6.07, 6.45) is 0.0700. The number of anilines is 1. The minimum atomic E-state index is -4.04. The quantitative estimate of drug-likeness (QED) is 0.443. The Labute approximate surface area is 207 Å². The van der Waals surface area contributed by atoms with Crippen LogP contribution in [0.5, 0.6) is 11.5 Å². The molecule has 0 saturated carbocycles. The third-order valence-corrected chi connectivity index (χ3v) is 7.06. The highest BCUT2D eigenvalue weighted by Crippen LogP contribution is 2.33. The van der Waals surface area contributed by atoms with Crippen molar-refractivity contribution in [2.45, 2.75) is 45.2 Å². The van der Waals surface area contributed by atoms with E-state index in [0.717, 1.165) is 26.7 Å². The molecule has 3 aromatic carbocycles. The van der Waals surface area contributed by atoms with Gasteiger partial charge in [-0.15, -0.1) is 0 Å². The summed E-state index contributed by atoms with van der Waals surface area (Å²) in [5.41, 5.74) is 2.95. The number of carbonyl (C=O) groups is 1. The average Bonchev–Trinajstić information content (AvgIpc) is 2.82. The van der Waals surface area contributed by atoms with Crippen LogP contribution >= 0.6 is 0 Å². The van der Waals surface area contributed by atoms with Crippen molar-refractivity contribution in [3.05, 3.63) is 83.4 Å².